The first kappa shape index (κ1) is 18.8. The molecule has 1 rings (SSSR count). The van der Waals surface area contributed by atoms with Gasteiger partial charge in [-0.15, -0.1) is 0 Å². The minimum Gasteiger partial charge on any atom is -0.213 e. The molecule has 0 spiro atoms. The second-order valence-corrected chi connectivity index (χ2v) is 5.33. The van der Waals surface area contributed by atoms with E-state index in [0.29, 0.717) is 0 Å². The Morgan fingerprint density at radius 1 is 0.905 bits per heavy atom. The highest BCUT2D eigenvalue weighted by Gasteiger charge is 1.99. The summed E-state index contributed by atoms with van der Waals surface area (Å²) in [5.74, 6) is 0. The zero-order valence-corrected chi connectivity index (χ0v) is 12.9. The van der Waals surface area contributed by atoms with Gasteiger partial charge in [0.05, 0.1) is 0 Å². The number of nitrogens with zero attached hydrogens (tertiary/aromatic N) is 6. The molecule has 114 valence electrons. The van der Waals surface area contributed by atoms with E-state index in [9.17, 15) is 8.42 Å². The summed E-state index contributed by atoms with van der Waals surface area (Å²) in [6, 6.07) is 9.03. The van der Waals surface area contributed by atoms with Crippen LogP contribution in [0.3, 0.4) is 0 Å². The zero-order valence-electron chi connectivity index (χ0n) is 12.0. The van der Waals surface area contributed by atoms with E-state index in [1.54, 1.807) is 0 Å². The van der Waals surface area contributed by atoms with Gasteiger partial charge in [0.1, 0.15) is 0 Å². The Morgan fingerprint density at radius 2 is 1.24 bits per heavy atom. The molecule has 0 fully saturated rings. The molecule has 0 aliphatic carbocycles. The van der Waals surface area contributed by atoms with Gasteiger partial charge in [-0.25, -0.2) is 8.42 Å². The minimum atomic E-state index is -4.27. The van der Waals surface area contributed by atoms with Crippen LogP contribution < -0.4 is 0 Å². The Bertz CT molecular complexity index is 565. The Labute approximate surface area is 124 Å². The van der Waals surface area contributed by atoms with Crippen LogP contribution in [0.5, 0.6) is 0 Å². The third kappa shape index (κ3) is 9.34. The second-order valence-electron chi connectivity index (χ2n) is 4.11. The van der Waals surface area contributed by atoms with Crippen molar-refractivity contribution >= 4 is 10.2 Å². The number of hydrogen-bond donors (Lipinski definition) is 0. The largest absolute Gasteiger partial charge is 0.321 e. The predicted octanol–water partition coefficient (Wildman–Crippen LogP) is 4.44. The van der Waals surface area contributed by atoms with Gasteiger partial charge in [-0.1, -0.05) is 51.0 Å². The lowest BCUT2D eigenvalue weighted by Crippen LogP contribution is -1.85. The summed E-state index contributed by atoms with van der Waals surface area (Å²) in [6.07, 6.45) is 4.92. The maximum absolute atomic E-state index is 9.99. The van der Waals surface area contributed by atoms with Gasteiger partial charge >= 0.3 is 10.2 Å². The van der Waals surface area contributed by atoms with Gasteiger partial charge in [-0.05, 0) is 35.0 Å². The van der Waals surface area contributed by atoms with Crippen molar-refractivity contribution in [2.45, 2.75) is 39.5 Å². The van der Waals surface area contributed by atoms with E-state index in [0.717, 1.165) is 0 Å². The average molecular weight is 310 g/mol. The lowest BCUT2D eigenvalue weighted by molar-refractivity contribution is 0.599. The molecule has 0 radical (unpaired) electrons. The summed E-state index contributed by atoms with van der Waals surface area (Å²) in [6.45, 7) is 4.44. The molecule has 0 aliphatic rings. The van der Waals surface area contributed by atoms with Crippen LogP contribution in [0.4, 0.5) is 0 Å². The predicted molar refractivity (Wildman–Crippen MR) is 81.6 cm³/mol. The van der Waals surface area contributed by atoms with Gasteiger partial charge in [0.15, 0.2) is 0 Å². The highest BCUT2D eigenvalue weighted by Crippen LogP contribution is 2.08. The normalized spacial score (nSPS) is 9.62. The summed E-state index contributed by atoms with van der Waals surface area (Å²) in [7, 11) is -4.27. The van der Waals surface area contributed by atoms with Crippen molar-refractivity contribution in [2.24, 2.45) is 9.04 Å². The molecule has 0 amide bonds. The van der Waals surface area contributed by atoms with Crippen LogP contribution in [-0.4, -0.2) is 8.42 Å². The minimum absolute atomic E-state index is 1.21. The van der Waals surface area contributed by atoms with E-state index in [-0.39, 0.29) is 0 Å². The third-order valence-electron chi connectivity index (χ3n) is 2.38. The molecule has 0 atom stereocenters. The van der Waals surface area contributed by atoms with Crippen molar-refractivity contribution in [1.29, 1.82) is 0 Å². The van der Waals surface area contributed by atoms with E-state index in [1.165, 1.54) is 36.8 Å². The molecule has 1 aromatic rings. The fraction of sp³-hybridized carbons (Fsp3) is 0.500. The molecule has 0 unspecified atom stereocenters. The van der Waals surface area contributed by atoms with E-state index in [4.69, 9.17) is 11.1 Å². The first-order chi connectivity index (χ1) is 9.99. The van der Waals surface area contributed by atoms with Crippen LogP contribution in [-0.2, 0) is 23.1 Å². The van der Waals surface area contributed by atoms with Crippen LogP contribution in [0.25, 0.3) is 20.9 Å². The smallest absolute Gasteiger partial charge is 0.213 e. The molecular weight excluding hydrogens is 292 g/mol. The Balaban J connectivity index is 0.000000400. The second kappa shape index (κ2) is 10.6. The first-order valence-corrected chi connectivity index (χ1v) is 7.84. The Hall–Kier alpha value is -2.21. The van der Waals surface area contributed by atoms with Crippen LogP contribution in [0.15, 0.2) is 33.3 Å². The van der Waals surface area contributed by atoms with Crippen molar-refractivity contribution < 1.29 is 8.42 Å². The SMILES string of the molecule is CCCc1ccc(CCC)cc1.[N-]=[N+]=NS(=O)(=O)N=[N+]=[N-]. The van der Waals surface area contributed by atoms with Gasteiger partial charge < -0.3 is 0 Å². The van der Waals surface area contributed by atoms with Crippen molar-refractivity contribution in [2.75, 3.05) is 0 Å². The van der Waals surface area contributed by atoms with Crippen molar-refractivity contribution in [3.63, 3.8) is 0 Å². The Morgan fingerprint density at radius 3 is 1.48 bits per heavy atom. The molecule has 0 aliphatic heterocycles. The molecule has 0 N–H and O–H groups in total. The number of benzene rings is 1. The molecule has 0 heterocycles. The van der Waals surface area contributed by atoms with E-state index in [2.05, 4.69) is 47.2 Å². The monoisotopic (exact) mass is 310 g/mol. The standard InChI is InChI=1S/C12H18.N6O2S/c1-3-5-11-7-9-12(6-4-2)10-8-11;1-3-5-9(7,8)6-4-2/h7-10H,3-6H2,1-2H3;. The molecule has 0 saturated carbocycles. The Kier molecular flexibility index (Phi) is 9.45. The first-order valence-electron chi connectivity index (χ1n) is 6.44. The third-order valence-corrected chi connectivity index (χ3v) is 2.94. The lowest BCUT2D eigenvalue weighted by Gasteiger charge is -2.01. The summed E-state index contributed by atoms with van der Waals surface area (Å²) in [5.41, 5.74) is 18.0. The molecule has 21 heavy (non-hydrogen) atoms. The van der Waals surface area contributed by atoms with Gasteiger partial charge in [0.2, 0.25) is 0 Å². The quantitative estimate of drug-likeness (QED) is 0.436. The molecule has 9 heteroatoms. The van der Waals surface area contributed by atoms with Crippen LogP contribution >= 0.6 is 0 Å². The maximum Gasteiger partial charge on any atom is 0.321 e. The zero-order chi connectivity index (χ0) is 16.1. The number of azide groups is 1. The van der Waals surface area contributed by atoms with E-state index < -0.39 is 10.2 Å². The van der Waals surface area contributed by atoms with Gasteiger partial charge in [-0.3, -0.25) is 0 Å². The maximum atomic E-state index is 9.99. The topological polar surface area (TPSA) is 132 Å². The van der Waals surface area contributed by atoms with Crippen LogP contribution in [0.1, 0.15) is 37.8 Å². The molecule has 1 aromatic carbocycles. The lowest BCUT2D eigenvalue weighted by atomic mass is 10.1. The summed E-state index contributed by atoms with van der Waals surface area (Å²) >= 11 is 0. The molecule has 0 aromatic heterocycles. The molecular formula is C12H18N6O2S. The summed E-state index contributed by atoms with van der Waals surface area (Å²) in [4.78, 5) is 3.80. The average Bonchev–Trinajstić information content (AvgIpc) is 2.42. The van der Waals surface area contributed by atoms with E-state index in [1.807, 2.05) is 9.82 Å². The van der Waals surface area contributed by atoms with Gasteiger partial charge in [0.25, 0.3) is 0 Å². The summed E-state index contributed by atoms with van der Waals surface area (Å²) < 4.78 is 24.3. The van der Waals surface area contributed by atoms with Crippen LogP contribution in [0, 0.1) is 0 Å². The fourth-order valence-corrected chi connectivity index (χ4v) is 1.78. The highest BCUT2D eigenvalue weighted by atomic mass is 32.2. The fourth-order valence-electron chi connectivity index (χ4n) is 1.56. The number of hydrogen-bond acceptors (Lipinski definition) is 2. The summed E-state index contributed by atoms with van der Waals surface area (Å²) in [5, 5.41) is 0. The number of aryl methyl sites for hydroxylation is 2. The van der Waals surface area contributed by atoms with Crippen LogP contribution in [0.2, 0.25) is 0 Å². The van der Waals surface area contributed by atoms with Gasteiger partial charge in [-0.2, -0.15) is 0 Å². The highest BCUT2D eigenvalue weighted by molar-refractivity contribution is 7.88. The molecule has 0 saturated heterocycles. The van der Waals surface area contributed by atoms with Crippen molar-refractivity contribution in [1.82, 2.24) is 0 Å². The van der Waals surface area contributed by atoms with Gasteiger partial charge in [0, 0.05) is 18.9 Å². The number of rotatable bonds is 6. The van der Waals surface area contributed by atoms with Crippen molar-refractivity contribution in [3.8, 4) is 0 Å². The molecule has 8 nitrogen and oxygen atoms in total. The van der Waals surface area contributed by atoms with E-state index >= 15 is 0 Å². The van der Waals surface area contributed by atoms with Crippen molar-refractivity contribution in [3.05, 3.63) is 56.3 Å². The molecule has 0 bridgehead atoms.